The largest absolute Gasteiger partial charge is 0.493 e. The monoisotopic (exact) mass is 367 g/mol. The maximum absolute atomic E-state index is 12.6. The van der Waals surface area contributed by atoms with Gasteiger partial charge in [-0.15, -0.1) is 0 Å². The molecule has 0 spiro atoms. The summed E-state index contributed by atoms with van der Waals surface area (Å²) in [5, 5.41) is -0.314. The Kier molecular flexibility index (Phi) is 5.43. The standard InChI is InChI=1S/C20H17NO4S/c1-3-11-25-16-10-9-14(12-17(16)24-2)13-18-19(22)21(20(23)26-18)15-7-5-4-6-8-15/h3-10,12-13H,1,11H2,2H3/b18-13-. The van der Waals surface area contributed by atoms with Crippen molar-refractivity contribution in [3.63, 3.8) is 0 Å². The molecule has 132 valence electrons. The van der Waals surface area contributed by atoms with E-state index in [0.717, 1.165) is 17.3 Å². The number of amides is 2. The fraction of sp³-hybridized carbons (Fsp3) is 0.100. The van der Waals surface area contributed by atoms with Gasteiger partial charge in [-0.05, 0) is 47.7 Å². The molecule has 0 radical (unpaired) electrons. The van der Waals surface area contributed by atoms with Crippen LogP contribution >= 0.6 is 11.8 Å². The van der Waals surface area contributed by atoms with Crippen LogP contribution in [-0.2, 0) is 4.79 Å². The first-order chi connectivity index (χ1) is 12.6. The minimum Gasteiger partial charge on any atom is -0.493 e. The zero-order valence-corrected chi connectivity index (χ0v) is 15.0. The molecule has 0 saturated carbocycles. The van der Waals surface area contributed by atoms with Crippen molar-refractivity contribution >= 4 is 34.7 Å². The Morgan fingerprint density at radius 3 is 2.58 bits per heavy atom. The zero-order valence-electron chi connectivity index (χ0n) is 14.2. The highest BCUT2D eigenvalue weighted by molar-refractivity contribution is 8.19. The van der Waals surface area contributed by atoms with E-state index in [1.54, 1.807) is 61.7 Å². The highest BCUT2D eigenvalue weighted by Gasteiger charge is 2.36. The number of carbonyl (C=O) groups excluding carboxylic acids is 2. The predicted octanol–water partition coefficient (Wildman–Crippen LogP) is 4.50. The van der Waals surface area contributed by atoms with Gasteiger partial charge in [0.2, 0.25) is 0 Å². The van der Waals surface area contributed by atoms with Crippen molar-refractivity contribution in [2.24, 2.45) is 0 Å². The van der Waals surface area contributed by atoms with E-state index >= 15 is 0 Å². The van der Waals surface area contributed by atoms with Crippen LogP contribution in [0.4, 0.5) is 10.5 Å². The third kappa shape index (κ3) is 3.65. The number of ether oxygens (including phenoxy) is 2. The topological polar surface area (TPSA) is 55.8 Å². The molecule has 0 N–H and O–H groups in total. The van der Waals surface area contributed by atoms with Crippen LogP contribution in [0.3, 0.4) is 0 Å². The molecule has 1 saturated heterocycles. The predicted molar refractivity (Wildman–Crippen MR) is 104 cm³/mol. The first-order valence-electron chi connectivity index (χ1n) is 7.89. The molecule has 1 fully saturated rings. The first-order valence-corrected chi connectivity index (χ1v) is 8.70. The minimum absolute atomic E-state index is 0.314. The summed E-state index contributed by atoms with van der Waals surface area (Å²) in [4.78, 5) is 26.4. The number of imide groups is 1. The molecule has 1 aliphatic heterocycles. The van der Waals surface area contributed by atoms with Crippen LogP contribution in [0, 0.1) is 0 Å². The van der Waals surface area contributed by atoms with Gasteiger partial charge in [-0.2, -0.15) is 0 Å². The number of benzene rings is 2. The molecule has 26 heavy (non-hydrogen) atoms. The van der Waals surface area contributed by atoms with Gasteiger partial charge in [0.1, 0.15) is 6.61 Å². The molecular formula is C20H17NO4S. The Balaban J connectivity index is 1.87. The lowest BCUT2D eigenvalue weighted by Gasteiger charge is -2.11. The molecule has 2 amide bonds. The van der Waals surface area contributed by atoms with Crippen molar-refractivity contribution in [3.05, 3.63) is 71.7 Å². The van der Waals surface area contributed by atoms with Gasteiger partial charge in [-0.3, -0.25) is 9.59 Å². The van der Waals surface area contributed by atoms with E-state index in [-0.39, 0.29) is 11.1 Å². The van der Waals surface area contributed by atoms with Gasteiger partial charge in [0, 0.05) is 0 Å². The molecule has 2 aromatic rings. The van der Waals surface area contributed by atoms with Gasteiger partial charge < -0.3 is 9.47 Å². The number of carbonyl (C=O) groups is 2. The summed E-state index contributed by atoms with van der Waals surface area (Å²) >= 11 is 0.916. The quantitative estimate of drug-likeness (QED) is 0.556. The molecule has 1 heterocycles. The summed E-state index contributed by atoms with van der Waals surface area (Å²) in [7, 11) is 1.54. The van der Waals surface area contributed by atoms with E-state index in [1.807, 2.05) is 6.07 Å². The van der Waals surface area contributed by atoms with Gasteiger partial charge in [-0.1, -0.05) is 36.9 Å². The fourth-order valence-electron chi connectivity index (χ4n) is 2.46. The van der Waals surface area contributed by atoms with Gasteiger partial charge >= 0.3 is 0 Å². The van der Waals surface area contributed by atoms with Gasteiger partial charge in [0.15, 0.2) is 11.5 Å². The van der Waals surface area contributed by atoms with Gasteiger partial charge in [0.25, 0.3) is 11.1 Å². The highest BCUT2D eigenvalue weighted by atomic mass is 32.2. The fourth-order valence-corrected chi connectivity index (χ4v) is 3.30. The third-order valence-electron chi connectivity index (χ3n) is 3.65. The third-order valence-corrected chi connectivity index (χ3v) is 4.52. The molecule has 0 aromatic heterocycles. The molecule has 3 rings (SSSR count). The molecular weight excluding hydrogens is 350 g/mol. The number of nitrogens with zero attached hydrogens (tertiary/aromatic N) is 1. The molecule has 1 aliphatic rings. The SMILES string of the molecule is C=CCOc1ccc(/C=C2\SC(=O)N(c3ccccc3)C2=O)cc1OC. The van der Waals surface area contributed by atoms with Gasteiger partial charge in [-0.25, -0.2) is 4.90 Å². The van der Waals surface area contributed by atoms with Crippen LogP contribution in [0.5, 0.6) is 11.5 Å². The second kappa shape index (κ2) is 7.93. The number of methoxy groups -OCH3 is 1. The highest BCUT2D eigenvalue weighted by Crippen LogP contribution is 2.36. The first kappa shape index (κ1) is 17.8. The molecule has 5 nitrogen and oxygen atoms in total. The number of hydrogen-bond acceptors (Lipinski definition) is 5. The Labute approximate surface area is 155 Å². The van der Waals surface area contributed by atoms with E-state index in [4.69, 9.17) is 9.47 Å². The molecule has 0 atom stereocenters. The maximum atomic E-state index is 12.6. The lowest BCUT2D eigenvalue weighted by molar-refractivity contribution is -0.113. The lowest BCUT2D eigenvalue weighted by Crippen LogP contribution is -2.27. The Morgan fingerprint density at radius 2 is 1.88 bits per heavy atom. The summed E-state index contributed by atoms with van der Waals surface area (Å²) in [6, 6.07) is 14.2. The van der Waals surface area contributed by atoms with Crippen molar-refractivity contribution in [3.8, 4) is 11.5 Å². The molecule has 6 heteroatoms. The summed E-state index contributed by atoms with van der Waals surface area (Å²) < 4.78 is 10.8. The summed E-state index contributed by atoms with van der Waals surface area (Å²) in [6.45, 7) is 3.98. The Morgan fingerprint density at radius 1 is 1.12 bits per heavy atom. The molecule has 0 bridgehead atoms. The number of para-hydroxylation sites is 1. The van der Waals surface area contributed by atoms with Crippen LogP contribution in [0.25, 0.3) is 6.08 Å². The number of anilines is 1. The van der Waals surface area contributed by atoms with Crippen LogP contribution in [-0.4, -0.2) is 24.9 Å². The number of rotatable bonds is 6. The normalized spacial score (nSPS) is 15.4. The maximum Gasteiger partial charge on any atom is 0.298 e. The number of thioether (sulfide) groups is 1. The van der Waals surface area contributed by atoms with E-state index in [1.165, 1.54) is 4.90 Å². The molecule has 2 aromatic carbocycles. The Bertz CT molecular complexity index is 877. The van der Waals surface area contributed by atoms with Gasteiger partial charge in [0.05, 0.1) is 17.7 Å². The average molecular weight is 367 g/mol. The number of hydrogen-bond donors (Lipinski definition) is 0. The second-order valence-electron chi connectivity index (χ2n) is 5.36. The van der Waals surface area contributed by atoms with E-state index in [0.29, 0.717) is 28.7 Å². The van der Waals surface area contributed by atoms with Crippen LogP contribution in [0.15, 0.2) is 66.1 Å². The second-order valence-corrected chi connectivity index (χ2v) is 6.36. The van der Waals surface area contributed by atoms with Crippen molar-refractivity contribution < 1.29 is 19.1 Å². The van der Waals surface area contributed by atoms with Crippen molar-refractivity contribution in [2.45, 2.75) is 0 Å². The molecule has 0 unspecified atom stereocenters. The summed E-state index contributed by atoms with van der Waals surface area (Å²) in [6.07, 6.45) is 3.32. The molecule has 0 aliphatic carbocycles. The van der Waals surface area contributed by atoms with E-state index < -0.39 is 0 Å². The van der Waals surface area contributed by atoms with E-state index in [9.17, 15) is 9.59 Å². The van der Waals surface area contributed by atoms with Crippen LogP contribution < -0.4 is 14.4 Å². The van der Waals surface area contributed by atoms with Crippen LogP contribution in [0.1, 0.15) is 5.56 Å². The van der Waals surface area contributed by atoms with Crippen molar-refractivity contribution in [2.75, 3.05) is 18.6 Å². The van der Waals surface area contributed by atoms with Crippen molar-refractivity contribution in [1.29, 1.82) is 0 Å². The average Bonchev–Trinajstić information content (AvgIpc) is 2.94. The van der Waals surface area contributed by atoms with Crippen LogP contribution in [0.2, 0.25) is 0 Å². The smallest absolute Gasteiger partial charge is 0.298 e. The summed E-state index contributed by atoms with van der Waals surface area (Å²) in [5.41, 5.74) is 1.30. The van der Waals surface area contributed by atoms with Crippen molar-refractivity contribution in [1.82, 2.24) is 0 Å². The Hall–Kier alpha value is -2.99. The van der Waals surface area contributed by atoms with E-state index in [2.05, 4.69) is 6.58 Å². The minimum atomic E-state index is -0.336. The zero-order chi connectivity index (χ0) is 18.5. The summed E-state index contributed by atoms with van der Waals surface area (Å²) in [5.74, 6) is 0.793. The lowest BCUT2D eigenvalue weighted by atomic mass is 10.2.